The molecule has 1 aromatic carbocycles. The fourth-order valence-electron chi connectivity index (χ4n) is 2.00. The monoisotopic (exact) mass is 338 g/mol. The lowest BCUT2D eigenvalue weighted by atomic mass is 10.1. The van der Waals surface area contributed by atoms with E-state index in [-0.39, 0.29) is 12.5 Å². The summed E-state index contributed by atoms with van der Waals surface area (Å²) in [5.74, 6) is -0.254. The molecule has 0 spiro atoms. The van der Waals surface area contributed by atoms with Gasteiger partial charge in [0.15, 0.2) is 0 Å². The molecule has 116 valence electrons. The second-order valence-corrected chi connectivity index (χ2v) is 5.78. The molecule has 0 atom stereocenters. The molecule has 22 heavy (non-hydrogen) atoms. The molecule has 2 aromatic rings. The standard InChI is InChI=1S/C15H16Cl2N4O/c1-9-6-10(2)21(20-9)8-15(22)19-18-11(3)13-5-4-12(16)7-14(13)17/h4-7H,8H2,1-3H3,(H,19,22)/b18-11+. The molecule has 0 bridgehead atoms. The quantitative estimate of drug-likeness (QED) is 0.686. The molecule has 1 amide bonds. The topological polar surface area (TPSA) is 59.3 Å². The number of benzene rings is 1. The number of hydrogen-bond donors (Lipinski definition) is 1. The lowest BCUT2D eigenvalue weighted by Gasteiger charge is -2.06. The number of nitrogens with zero attached hydrogens (tertiary/aromatic N) is 3. The van der Waals surface area contributed by atoms with Gasteiger partial charge in [0.25, 0.3) is 5.91 Å². The van der Waals surface area contributed by atoms with E-state index in [1.165, 1.54) is 0 Å². The van der Waals surface area contributed by atoms with Crippen molar-refractivity contribution in [2.75, 3.05) is 0 Å². The molecule has 0 unspecified atom stereocenters. The predicted molar refractivity (Wildman–Crippen MR) is 88.5 cm³/mol. The number of carbonyl (C=O) groups is 1. The number of amides is 1. The van der Waals surface area contributed by atoms with Crippen molar-refractivity contribution in [2.24, 2.45) is 5.10 Å². The Labute approximate surface area is 138 Å². The Morgan fingerprint density at radius 1 is 1.32 bits per heavy atom. The van der Waals surface area contributed by atoms with Crippen LogP contribution in [0.4, 0.5) is 0 Å². The van der Waals surface area contributed by atoms with Crippen LogP contribution in [-0.4, -0.2) is 21.4 Å². The molecule has 0 radical (unpaired) electrons. The van der Waals surface area contributed by atoms with Gasteiger partial charge in [-0.15, -0.1) is 0 Å². The molecular formula is C15H16Cl2N4O. The van der Waals surface area contributed by atoms with Gasteiger partial charge < -0.3 is 0 Å². The summed E-state index contributed by atoms with van der Waals surface area (Å²) in [7, 11) is 0. The van der Waals surface area contributed by atoms with Gasteiger partial charge >= 0.3 is 0 Å². The fraction of sp³-hybridized carbons (Fsp3) is 0.267. The van der Waals surface area contributed by atoms with Gasteiger partial charge in [0.2, 0.25) is 0 Å². The summed E-state index contributed by atoms with van der Waals surface area (Å²) >= 11 is 12.0. The first-order valence-corrected chi connectivity index (χ1v) is 7.42. The van der Waals surface area contributed by atoms with E-state index in [0.717, 1.165) is 17.0 Å². The van der Waals surface area contributed by atoms with Crippen LogP contribution in [0, 0.1) is 13.8 Å². The summed E-state index contributed by atoms with van der Waals surface area (Å²) in [6, 6.07) is 7.03. The van der Waals surface area contributed by atoms with E-state index in [1.807, 2.05) is 19.9 Å². The average Bonchev–Trinajstić information content (AvgIpc) is 2.74. The highest BCUT2D eigenvalue weighted by Gasteiger charge is 2.08. The normalized spacial score (nSPS) is 11.6. The SMILES string of the molecule is C/C(=N\NC(=O)Cn1nc(C)cc1C)c1ccc(Cl)cc1Cl. The van der Waals surface area contributed by atoms with Gasteiger partial charge in [-0.3, -0.25) is 9.48 Å². The minimum absolute atomic E-state index is 0.116. The fourth-order valence-corrected chi connectivity index (χ4v) is 2.54. The van der Waals surface area contributed by atoms with Crippen LogP contribution in [-0.2, 0) is 11.3 Å². The first-order valence-electron chi connectivity index (χ1n) is 6.66. The smallest absolute Gasteiger partial charge is 0.261 e. The minimum atomic E-state index is -0.254. The van der Waals surface area contributed by atoms with Crippen molar-refractivity contribution in [2.45, 2.75) is 27.3 Å². The highest BCUT2D eigenvalue weighted by molar-refractivity contribution is 6.37. The van der Waals surface area contributed by atoms with Gasteiger partial charge in [-0.25, -0.2) is 5.43 Å². The minimum Gasteiger partial charge on any atom is -0.271 e. The molecular weight excluding hydrogens is 323 g/mol. The van der Waals surface area contributed by atoms with Gasteiger partial charge in [-0.1, -0.05) is 29.3 Å². The van der Waals surface area contributed by atoms with E-state index < -0.39 is 0 Å². The first-order chi connectivity index (χ1) is 10.4. The third-order valence-corrected chi connectivity index (χ3v) is 3.61. The number of hydrazone groups is 1. The molecule has 0 saturated heterocycles. The molecule has 0 aliphatic carbocycles. The zero-order valence-corrected chi connectivity index (χ0v) is 14.0. The Hall–Kier alpha value is -1.85. The van der Waals surface area contributed by atoms with Crippen LogP contribution in [0.3, 0.4) is 0 Å². The van der Waals surface area contributed by atoms with Crippen molar-refractivity contribution < 1.29 is 4.79 Å². The van der Waals surface area contributed by atoms with Crippen LogP contribution in [0.1, 0.15) is 23.9 Å². The maximum absolute atomic E-state index is 11.9. The van der Waals surface area contributed by atoms with Gasteiger partial charge in [-0.05, 0) is 39.0 Å². The predicted octanol–water partition coefficient (Wildman–Crippen LogP) is 3.35. The number of carbonyl (C=O) groups excluding carboxylic acids is 1. The molecule has 0 aliphatic heterocycles. The van der Waals surface area contributed by atoms with Crippen molar-refractivity contribution in [1.29, 1.82) is 0 Å². The Morgan fingerprint density at radius 2 is 2.05 bits per heavy atom. The van der Waals surface area contributed by atoms with Crippen molar-refractivity contribution in [3.8, 4) is 0 Å². The van der Waals surface area contributed by atoms with Crippen LogP contribution in [0.15, 0.2) is 29.4 Å². The molecule has 0 fully saturated rings. The Balaban J connectivity index is 2.04. The molecule has 0 saturated carbocycles. The molecule has 5 nitrogen and oxygen atoms in total. The molecule has 1 aromatic heterocycles. The van der Waals surface area contributed by atoms with E-state index in [0.29, 0.717) is 15.8 Å². The van der Waals surface area contributed by atoms with E-state index in [1.54, 1.807) is 29.8 Å². The van der Waals surface area contributed by atoms with Gasteiger partial charge in [0.05, 0.1) is 16.4 Å². The first kappa shape index (κ1) is 16.5. The largest absolute Gasteiger partial charge is 0.271 e. The summed E-state index contributed by atoms with van der Waals surface area (Å²) in [4.78, 5) is 11.9. The molecule has 0 aliphatic rings. The zero-order valence-electron chi connectivity index (χ0n) is 12.5. The van der Waals surface area contributed by atoms with Gasteiger partial charge in [0, 0.05) is 16.3 Å². The van der Waals surface area contributed by atoms with Crippen LogP contribution < -0.4 is 5.43 Å². The summed E-state index contributed by atoms with van der Waals surface area (Å²) in [6.07, 6.45) is 0. The van der Waals surface area contributed by atoms with E-state index in [9.17, 15) is 4.79 Å². The van der Waals surface area contributed by atoms with E-state index in [4.69, 9.17) is 23.2 Å². The van der Waals surface area contributed by atoms with Crippen LogP contribution in [0.25, 0.3) is 0 Å². The van der Waals surface area contributed by atoms with Crippen LogP contribution in [0.5, 0.6) is 0 Å². The van der Waals surface area contributed by atoms with Crippen molar-refractivity contribution in [1.82, 2.24) is 15.2 Å². The number of halogens is 2. The zero-order chi connectivity index (χ0) is 16.3. The molecule has 1 heterocycles. The lowest BCUT2D eigenvalue weighted by Crippen LogP contribution is -2.25. The van der Waals surface area contributed by atoms with E-state index >= 15 is 0 Å². The number of aromatic nitrogens is 2. The Kier molecular flexibility index (Phi) is 5.21. The number of rotatable bonds is 4. The summed E-state index contributed by atoms with van der Waals surface area (Å²) < 4.78 is 1.63. The van der Waals surface area contributed by atoms with E-state index in [2.05, 4.69) is 15.6 Å². The van der Waals surface area contributed by atoms with Crippen LogP contribution in [0.2, 0.25) is 10.0 Å². The summed E-state index contributed by atoms with van der Waals surface area (Å²) in [5.41, 5.74) is 5.62. The highest BCUT2D eigenvalue weighted by atomic mass is 35.5. The molecule has 1 N–H and O–H groups in total. The number of nitrogens with one attached hydrogen (secondary N) is 1. The second-order valence-electron chi connectivity index (χ2n) is 4.94. The van der Waals surface area contributed by atoms with Crippen molar-refractivity contribution in [3.05, 3.63) is 51.3 Å². The maximum Gasteiger partial charge on any atom is 0.261 e. The second kappa shape index (κ2) is 6.94. The Bertz CT molecular complexity index is 737. The average molecular weight is 339 g/mol. The summed E-state index contributed by atoms with van der Waals surface area (Å²) in [5, 5.41) is 9.34. The highest BCUT2D eigenvalue weighted by Crippen LogP contribution is 2.21. The lowest BCUT2D eigenvalue weighted by molar-refractivity contribution is -0.121. The molecule has 2 rings (SSSR count). The molecule has 7 heteroatoms. The third kappa shape index (κ3) is 4.08. The van der Waals surface area contributed by atoms with Gasteiger partial charge in [0.1, 0.15) is 6.54 Å². The number of hydrogen-bond acceptors (Lipinski definition) is 3. The van der Waals surface area contributed by atoms with Crippen LogP contribution >= 0.6 is 23.2 Å². The maximum atomic E-state index is 11.9. The number of aryl methyl sites for hydroxylation is 2. The van der Waals surface area contributed by atoms with Crippen molar-refractivity contribution >= 4 is 34.8 Å². The van der Waals surface area contributed by atoms with Gasteiger partial charge in [-0.2, -0.15) is 10.2 Å². The Morgan fingerprint density at radius 3 is 2.64 bits per heavy atom. The van der Waals surface area contributed by atoms with Crippen molar-refractivity contribution in [3.63, 3.8) is 0 Å². The summed E-state index contributed by atoms with van der Waals surface area (Å²) in [6.45, 7) is 5.66. The third-order valence-electron chi connectivity index (χ3n) is 3.07.